The monoisotopic (exact) mass is 969 g/mol. The average Bonchev–Trinajstić information content (AvgIpc) is 3.63. The van der Waals surface area contributed by atoms with Gasteiger partial charge in [0, 0.05) is 0 Å². The number of hydrogen-bond donors (Lipinski definition) is 1. The van der Waals surface area contributed by atoms with E-state index in [9.17, 15) is 21.9 Å². The first-order chi connectivity index (χ1) is 31.7. The minimum atomic E-state index is -4.03. The van der Waals surface area contributed by atoms with Crippen molar-refractivity contribution >= 4 is 41.8 Å². The van der Waals surface area contributed by atoms with Gasteiger partial charge in [0.1, 0.15) is 5.60 Å². The topological polar surface area (TPSA) is 107 Å². The SMILES string of the molecule is CC(C)CCC[C@@H](C)[C@H]1CC[C@H]2[C@@H]3CCC4CC(CC(O)(c5cccc6cc(S(=O)(=O)OCC(C)(C)C)ccc56)c5cccc6cc(S(=O)(=O)OCC(C)(C)C)ccc56)CC[C@]4(C)[C@H]3CC[C@]12C. The van der Waals surface area contributed by atoms with Crippen molar-refractivity contribution < 1.29 is 30.3 Å². The average molecular weight is 969 g/mol. The molecule has 0 amide bonds. The van der Waals surface area contributed by atoms with Gasteiger partial charge in [-0.15, -0.1) is 0 Å². The van der Waals surface area contributed by atoms with Crippen molar-refractivity contribution in [3.05, 3.63) is 83.9 Å². The van der Waals surface area contributed by atoms with Crippen molar-refractivity contribution in [1.82, 2.24) is 0 Å². The van der Waals surface area contributed by atoms with Crippen LogP contribution in [0.3, 0.4) is 0 Å². The first-order valence-electron chi connectivity index (χ1n) is 26.3. The second-order valence-electron chi connectivity index (χ2n) is 25.8. The molecule has 4 aromatic rings. The maximum atomic E-state index is 13.9. The molecule has 4 saturated carbocycles. The van der Waals surface area contributed by atoms with E-state index in [4.69, 9.17) is 8.37 Å². The van der Waals surface area contributed by atoms with Gasteiger partial charge in [-0.2, -0.15) is 16.8 Å². The Balaban J connectivity index is 1.11. The van der Waals surface area contributed by atoms with Crippen LogP contribution in [0.2, 0.25) is 0 Å². The highest BCUT2D eigenvalue weighted by atomic mass is 32.2. The van der Waals surface area contributed by atoms with E-state index in [0.29, 0.717) is 39.7 Å². The van der Waals surface area contributed by atoms with E-state index in [2.05, 4.69) is 34.6 Å². The van der Waals surface area contributed by atoms with Crippen LogP contribution < -0.4 is 0 Å². The molecule has 4 aliphatic carbocycles. The van der Waals surface area contributed by atoms with Gasteiger partial charge in [0.2, 0.25) is 0 Å². The molecule has 0 saturated heterocycles. The molecule has 68 heavy (non-hydrogen) atoms. The van der Waals surface area contributed by atoms with Gasteiger partial charge < -0.3 is 5.11 Å². The van der Waals surface area contributed by atoms with Crippen LogP contribution in [0.5, 0.6) is 0 Å². The maximum Gasteiger partial charge on any atom is 0.297 e. The zero-order valence-electron chi connectivity index (χ0n) is 43.4. The molecule has 4 aromatic carbocycles. The molecule has 0 radical (unpaired) electrons. The molecule has 1 N–H and O–H groups in total. The van der Waals surface area contributed by atoms with Gasteiger partial charge in [0.05, 0.1) is 23.0 Å². The van der Waals surface area contributed by atoms with E-state index in [1.807, 2.05) is 90.1 Å². The van der Waals surface area contributed by atoms with Crippen molar-refractivity contribution in [2.75, 3.05) is 13.2 Å². The van der Waals surface area contributed by atoms with Gasteiger partial charge in [0.25, 0.3) is 20.2 Å². The first-order valence-corrected chi connectivity index (χ1v) is 29.1. The largest absolute Gasteiger partial charge is 0.380 e. The zero-order chi connectivity index (χ0) is 49.2. The Labute approximate surface area is 411 Å². The summed E-state index contributed by atoms with van der Waals surface area (Å²) in [5, 5.41) is 16.8. The van der Waals surface area contributed by atoms with Crippen LogP contribution in [0, 0.1) is 69.0 Å². The Morgan fingerprint density at radius 1 is 0.647 bits per heavy atom. The fraction of sp³-hybridized carbons (Fsp3) is 0.661. The summed E-state index contributed by atoms with van der Waals surface area (Å²) in [7, 11) is -8.07. The Morgan fingerprint density at radius 3 is 1.71 bits per heavy atom. The smallest absolute Gasteiger partial charge is 0.297 e. The first kappa shape index (κ1) is 51.5. The predicted molar refractivity (Wildman–Crippen MR) is 277 cm³/mol. The molecule has 9 heteroatoms. The summed E-state index contributed by atoms with van der Waals surface area (Å²) in [4.78, 5) is 0.161. The number of rotatable bonds is 15. The lowest BCUT2D eigenvalue weighted by Gasteiger charge is -2.61. The second-order valence-corrected chi connectivity index (χ2v) is 29.1. The molecular formula is C59H84O7S2. The predicted octanol–water partition coefficient (Wildman–Crippen LogP) is 14.9. The molecule has 374 valence electrons. The van der Waals surface area contributed by atoms with Gasteiger partial charge in [0.15, 0.2) is 0 Å². The number of fused-ring (bicyclic) bond motifs is 7. The van der Waals surface area contributed by atoms with E-state index < -0.39 is 25.8 Å². The molecule has 4 aliphatic rings. The Morgan fingerprint density at radius 2 is 1.18 bits per heavy atom. The third-order valence-electron chi connectivity index (χ3n) is 18.0. The van der Waals surface area contributed by atoms with Crippen LogP contribution in [0.1, 0.15) is 171 Å². The molecule has 0 bridgehead atoms. The van der Waals surface area contributed by atoms with Crippen molar-refractivity contribution in [3.63, 3.8) is 0 Å². The zero-order valence-corrected chi connectivity index (χ0v) is 45.0. The van der Waals surface area contributed by atoms with E-state index in [-0.39, 0.29) is 45.2 Å². The summed E-state index contributed by atoms with van der Waals surface area (Å²) >= 11 is 0. The molecule has 8 rings (SSSR count). The molecule has 4 fully saturated rings. The maximum absolute atomic E-state index is 13.9. The highest BCUT2D eigenvalue weighted by Crippen LogP contribution is 2.69. The van der Waals surface area contributed by atoms with Crippen LogP contribution in [0.15, 0.2) is 82.6 Å². The Hall–Kier alpha value is -2.82. The molecule has 0 aliphatic heterocycles. The van der Waals surface area contributed by atoms with Crippen molar-refractivity contribution in [1.29, 1.82) is 0 Å². The highest BCUT2D eigenvalue weighted by Gasteiger charge is 2.61. The van der Waals surface area contributed by atoms with Gasteiger partial charge in [-0.05, 0) is 190 Å². The minimum absolute atomic E-state index is 0.0567. The standard InChI is InChI=1S/C59H84O7S2/c1-39(2)15-12-16-40(3)50-27-28-51-49-24-21-44-33-41(29-31-57(44,10)52(49)30-32-58(50,51)11)36-59(60,53-19-13-17-42-34-45(22-25-47(42)53)67(61,62)65-37-55(4,5)6)54-20-14-18-43-35-46(23-26-48(43)54)68(63,64)66-38-56(7,8)9/h13-14,17-20,22-23,25-26,34-35,39-41,44,49-52,60H,12,15-16,21,24,27-33,36-38H2,1-11H3/t40-,41?,44?,49+,50-,51+,52+,57+,58-/m1/s1. The molecular weight excluding hydrogens is 885 g/mol. The van der Waals surface area contributed by atoms with Gasteiger partial charge in [-0.1, -0.05) is 144 Å². The van der Waals surface area contributed by atoms with Gasteiger partial charge >= 0.3 is 0 Å². The summed E-state index contributed by atoms with van der Waals surface area (Å²) < 4.78 is 65.0. The van der Waals surface area contributed by atoms with E-state index in [1.54, 1.807) is 24.3 Å². The van der Waals surface area contributed by atoms with Gasteiger partial charge in [-0.3, -0.25) is 8.37 Å². The number of aliphatic hydroxyl groups is 1. The van der Waals surface area contributed by atoms with Crippen LogP contribution in [-0.4, -0.2) is 35.2 Å². The number of benzene rings is 4. The molecule has 0 aromatic heterocycles. The van der Waals surface area contributed by atoms with E-state index in [0.717, 1.165) is 65.5 Å². The second kappa shape index (κ2) is 19.0. The fourth-order valence-electron chi connectivity index (χ4n) is 14.5. The summed E-state index contributed by atoms with van der Waals surface area (Å²) in [5.41, 5.74) is 0.00529. The van der Waals surface area contributed by atoms with Gasteiger partial charge in [-0.25, -0.2) is 0 Å². The molecule has 7 nitrogen and oxygen atoms in total. The third-order valence-corrected chi connectivity index (χ3v) is 20.5. The lowest BCUT2D eigenvalue weighted by Crippen LogP contribution is -2.54. The highest BCUT2D eigenvalue weighted by molar-refractivity contribution is 7.87. The quantitative estimate of drug-likeness (QED) is 0.118. The van der Waals surface area contributed by atoms with E-state index in [1.165, 1.54) is 57.8 Å². The Kier molecular flexibility index (Phi) is 14.4. The third kappa shape index (κ3) is 10.3. The van der Waals surface area contributed by atoms with Crippen molar-refractivity contribution in [3.8, 4) is 0 Å². The van der Waals surface area contributed by atoms with Crippen LogP contribution >= 0.6 is 0 Å². The lowest BCUT2D eigenvalue weighted by molar-refractivity contribution is -0.124. The fourth-order valence-corrected chi connectivity index (χ4v) is 16.8. The summed E-state index contributed by atoms with van der Waals surface area (Å²) in [6.45, 7) is 24.4. The molecule has 2 unspecified atom stereocenters. The summed E-state index contributed by atoms with van der Waals surface area (Å²) in [6, 6.07) is 21.8. The Bertz CT molecular complexity index is 2540. The minimum Gasteiger partial charge on any atom is -0.380 e. The molecule has 0 heterocycles. The summed E-state index contributed by atoms with van der Waals surface area (Å²) in [6.07, 6.45) is 15.9. The lowest BCUT2D eigenvalue weighted by atomic mass is 9.43. The van der Waals surface area contributed by atoms with Crippen LogP contribution in [0.25, 0.3) is 21.5 Å². The normalized spacial score (nSPS) is 28.7. The number of hydrogen-bond acceptors (Lipinski definition) is 7. The van der Waals surface area contributed by atoms with E-state index >= 15 is 0 Å². The van der Waals surface area contributed by atoms with Crippen LogP contribution in [0.4, 0.5) is 0 Å². The molecule has 0 spiro atoms. The van der Waals surface area contributed by atoms with Crippen molar-refractivity contribution in [2.45, 2.75) is 175 Å². The van der Waals surface area contributed by atoms with Crippen molar-refractivity contribution in [2.24, 2.45) is 69.0 Å². The summed E-state index contributed by atoms with van der Waals surface area (Å²) in [5.74, 6) is 5.65. The van der Waals surface area contributed by atoms with Crippen LogP contribution in [-0.2, 0) is 34.2 Å². The molecule has 9 atom stereocenters.